The molecule has 5 atom stereocenters. The summed E-state index contributed by atoms with van der Waals surface area (Å²) in [5.74, 6) is -0.141. The Bertz CT molecular complexity index is 1280. The molecule has 2 aliphatic heterocycles. The zero-order chi connectivity index (χ0) is 25.8. The van der Waals surface area contributed by atoms with E-state index in [9.17, 15) is 23.1 Å². The van der Waals surface area contributed by atoms with Crippen LogP contribution in [0, 0.1) is 12.8 Å². The quantitative estimate of drug-likeness (QED) is 0.637. The van der Waals surface area contributed by atoms with Crippen molar-refractivity contribution in [2.75, 3.05) is 14.2 Å². The second-order valence-electron chi connectivity index (χ2n) is 10.4. The zero-order valence-electron chi connectivity index (χ0n) is 20.8. The number of aliphatic hydroxyl groups excluding tert-OH is 1. The Balaban J connectivity index is 1.49. The van der Waals surface area contributed by atoms with E-state index in [1.807, 2.05) is 31.2 Å². The summed E-state index contributed by atoms with van der Waals surface area (Å²) in [7, 11) is -0.876. The summed E-state index contributed by atoms with van der Waals surface area (Å²) in [6, 6.07) is 12.5. The molecule has 2 aromatic carbocycles. The minimum Gasteiger partial charge on any atom is -0.497 e. The predicted molar refractivity (Wildman–Crippen MR) is 133 cm³/mol. The number of hydrogen-bond acceptors (Lipinski definition) is 6. The summed E-state index contributed by atoms with van der Waals surface area (Å²) >= 11 is 0. The molecule has 9 heteroatoms. The Morgan fingerprint density at radius 3 is 2.39 bits per heavy atom. The minimum absolute atomic E-state index is 0.0176. The minimum atomic E-state index is -3.91. The number of piperidine rings is 1. The first-order chi connectivity index (χ1) is 17.1. The number of hydrogen-bond donors (Lipinski definition) is 1. The molecule has 1 spiro atoms. The highest BCUT2D eigenvalue weighted by atomic mass is 32.2. The van der Waals surface area contributed by atoms with Crippen LogP contribution in [-0.2, 0) is 26.0 Å². The standard InChI is InChI=1S/C27H32N2O6S/c1-17-4-10-20(11-5-17)36(33,34)28(2)23-16-27-13-12-24(30)21(15-27)25(31)22(29(27)26(23)32)14-18-6-8-19(35-3)9-7-18/h4-11,21-23,25,31H,12-16H2,1-3H3/t21?,22?,23-,25?,27?/m0/s1. The van der Waals surface area contributed by atoms with Crippen LogP contribution >= 0.6 is 0 Å². The lowest BCUT2D eigenvalue weighted by atomic mass is 9.66. The second-order valence-corrected chi connectivity index (χ2v) is 12.4. The van der Waals surface area contributed by atoms with Gasteiger partial charge in [-0.3, -0.25) is 9.59 Å². The lowest BCUT2D eigenvalue weighted by Gasteiger charge is -2.54. The smallest absolute Gasteiger partial charge is 0.243 e. The fraction of sp³-hybridized carbons (Fsp3) is 0.481. The van der Waals surface area contributed by atoms with E-state index in [0.717, 1.165) is 11.1 Å². The molecular weight excluding hydrogens is 480 g/mol. The highest BCUT2D eigenvalue weighted by molar-refractivity contribution is 7.89. The van der Waals surface area contributed by atoms with Crippen LogP contribution in [0.3, 0.4) is 0 Å². The van der Waals surface area contributed by atoms with E-state index < -0.39 is 39.7 Å². The van der Waals surface area contributed by atoms with Crippen molar-refractivity contribution in [3.63, 3.8) is 0 Å². The van der Waals surface area contributed by atoms with Gasteiger partial charge in [0, 0.05) is 24.9 Å². The molecule has 1 N–H and O–H groups in total. The first-order valence-corrected chi connectivity index (χ1v) is 13.7. The number of nitrogens with zero attached hydrogens (tertiary/aromatic N) is 2. The van der Waals surface area contributed by atoms with Gasteiger partial charge in [0.25, 0.3) is 0 Å². The van der Waals surface area contributed by atoms with E-state index in [1.165, 1.54) is 11.4 Å². The van der Waals surface area contributed by atoms with Crippen LogP contribution < -0.4 is 4.74 Å². The third-order valence-electron chi connectivity index (χ3n) is 8.34. The van der Waals surface area contributed by atoms with E-state index in [4.69, 9.17) is 4.74 Å². The number of Topliss-reactive ketones (excluding diaryl/α,β-unsaturated/α-hetero) is 1. The van der Waals surface area contributed by atoms with Crippen LogP contribution in [0.2, 0.25) is 0 Å². The molecule has 0 aromatic heterocycles. The number of ketones is 1. The third kappa shape index (κ3) is 3.93. The molecule has 192 valence electrons. The second kappa shape index (κ2) is 8.97. The molecule has 2 saturated heterocycles. The molecule has 4 unspecified atom stereocenters. The fourth-order valence-corrected chi connectivity index (χ4v) is 7.61. The molecule has 2 heterocycles. The summed E-state index contributed by atoms with van der Waals surface area (Å²) in [5.41, 5.74) is 1.20. The van der Waals surface area contributed by atoms with Crippen molar-refractivity contribution in [3.05, 3.63) is 59.7 Å². The van der Waals surface area contributed by atoms with Crippen molar-refractivity contribution in [2.24, 2.45) is 5.92 Å². The molecule has 2 bridgehead atoms. The van der Waals surface area contributed by atoms with Crippen molar-refractivity contribution < 1.29 is 27.9 Å². The number of carbonyl (C=O) groups is 2. The van der Waals surface area contributed by atoms with Gasteiger partial charge in [-0.05, 0) is 62.4 Å². The maximum Gasteiger partial charge on any atom is 0.243 e. The predicted octanol–water partition coefficient (Wildman–Crippen LogP) is 2.32. The number of carbonyl (C=O) groups excluding carboxylic acids is 2. The third-order valence-corrected chi connectivity index (χ3v) is 10.2. The van der Waals surface area contributed by atoms with Gasteiger partial charge in [0.2, 0.25) is 15.9 Å². The van der Waals surface area contributed by atoms with Crippen LogP contribution in [0.4, 0.5) is 0 Å². The van der Waals surface area contributed by atoms with Gasteiger partial charge >= 0.3 is 0 Å². The van der Waals surface area contributed by atoms with E-state index in [2.05, 4.69) is 0 Å². The normalized spacial score (nSPS) is 30.0. The number of ether oxygens (including phenoxy) is 1. The van der Waals surface area contributed by atoms with Crippen molar-refractivity contribution in [1.29, 1.82) is 0 Å². The maximum absolute atomic E-state index is 13.9. The number of aryl methyl sites for hydroxylation is 1. The number of fused-ring (bicyclic) bond motifs is 1. The Labute approximate surface area is 211 Å². The van der Waals surface area contributed by atoms with Crippen LogP contribution in [0.5, 0.6) is 5.75 Å². The Morgan fingerprint density at radius 2 is 1.75 bits per heavy atom. The molecule has 1 amide bonds. The number of sulfonamides is 1. The summed E-state index contributed by atoms with van der Waals surface area (Å²) in [4.78, 5) is 28.6. The molecule has 36 heavy (non-hydrogen) atoms. The van der Waals surface area contributed by atoms with Gasteiger partial charge in [0.05, 0.1) is 24.2 Å². The van der Waals surface area contributed by atoms with Crippen LogP contribution in [0.25, 0.3) is 0 Å². The van der Waals surface area contributed by atoms with Crippen LogP contribution in [0.1, 0.15) is 36.8 Å². The summed E-state index contributed by atoms with van der Waals surface area (Å²) in [6.45, 7) is 1.88. The highest BCUT2D eigenvalue weighted by Gasteiger charge is 2.63. The molecule has 1 aliphatic carbocycles. The molecule has 8 nitrogen and oxygen atoms in total. The number of methoxy groups -OCH3 is 1. The molecule has 3 aliphatic rings. The zero-order valence-corrected chi connectivity index (χ0v) is 21.6. The first-order valence-electron chi connectivity index (χ1n) is 12.3. The summed E-state index contributed by atoms with van der Waals surface area (Å²) in [5, 5.41) is 11.3. The number of benzene rings is 2. The number of likely N-dealkylation sites (N-methyl/N-ethyl adjacent to an activating group) is 1. The topological polar surface area (TPSA) is 104 Å². The van der Waals surface area contributed by atoms with Crippen molar-refractivity contribution >= 4 is 21.7 Å². The van der Waals surface area contributed by atoms with Crippen LogP contribution in [0.15, 0.2) is 53.4 Å². The largest absolute Gasteiger partial charge is 0.497 e. The number of aliphatic hydroxyl groups is 1. The van der Waals surface area contributed by atoms with Gasteiger partial charge in [-0.2, -0.15) is 4.31 Å². The Morgan fingerprint density at radius 1 is 1.08 bits per heavy atom. The molecule has 2 aromatic rings. The molecular formula is C27H32N2O6S. The molecule has 0 radical (unpaired) electrons. The molecule has 5 rings (SSSR count). The lowest BCUT2D eigenvalue weighted by Crippen LogP contribution is -2.66. The van der Waals surface area contributed by atoms with Gasteiger partial charge in [0.15, 0.2) is 0 Å². The molecule has 3 fully saturated rings. The first kappa shape index (κ1) is 24.9. The van der Waals surface area contributed by atoms with E-state index in [0.29, 0.717) is 31.4 Å². The van der Waals surface area contributed by atoms with E-state index in [-0.39, 0.29) is 23.0 Å². The van der Waals surface area contributed by atoms with Gasteiger partial charge in [-0.15, -0.1) is 0 Å². The Hall–Kier alpha value is -2.75. The van der Waals surface area contributed by atoms with E-state index in [1.54, 1.807) is 36.3 Å². The van der Waals surface area contributed by atoms with Crippen LogP contribution in [-0.4, -0.2) is 72.3 Å². The van der Waals surface area contributed by atoms with Gasteiger partial charge in [0.1, 0.15) is 17.6 Å². The van der Waals surface area contributed by atoms with Gasteiger partial charge in [-0.25, -0.2) is 8.42 Å². The average molecular weight is 513 g/mol. The summed E-state index contributed by atoms with van der Waals surface area (Å²) in [6.07, 6.45) is 0.797. The van der Waals surface area contributed by atoms with E-state index >= 15 is 0 Å². The number of amides is 1. The van der Waals surface area contributed by atoms with Gasteiger partial charge < -0.3 is 14.7 Å². The van der Waals surface area contributed by atoms with Crippen molar-refractivity contribution in [3.8, 4) is 5.75 Å². The monoisotopic (exact) mass is 512 g/mol. The van der Waals surface area contributed by atoms with Crippen molar-refractivity contribution in [1.82, 2.24) is 9.21 Å². The molecule has 1 saturated carbocycles. The Kier molecular flexibility index (Phi) is 6.21. The lowest BCUT2D eigenvalue weighted by molar-refractivity contribution is -0.162. The maximum atomic E-state index is 13.9. The number of rotatable bonds is 6. The van der Waals surface area contributed by atoms with Crippen molar-refractivity contribution in [2.45, 2.75) is 67.6 Å². The fourth-order valence-electron chi connectivity index (χ4n) is 6.30. The average Bonchev–Trinajstić information content (AvgIpc) is 3.15. The SMILES string of the molecule is COc1ccc(CC2C(O)C3CC4(CCC3=O)C[C@H](N(C)S(=O)(=O)c3ccc(C)cc3)C(=O)N24)cc1. The summed E-state index contributed by atoms with van der Waals surface area (Å²) < 4.78 is 33.3. The highest BCUT2D eigenvalue weighted by Crippen LogP contribution is 2.51. The van der Waals surface area contributed by atoms with Gasteiger partial charge in [-0.1, -0.05) is 29.8 Å².